The van der Waals surface area contributed by atoms with Gasteiger partial charge in [-0.3, -0.25) is 4.79 Å². The van der Waals surface area contributed by atoms with Gasteiger partial charge in [0.25, 0.3) is 5.91 Å². The maximum atomic E-state index is 13.0. The van der Waals surface area contributed by atoms with Crippen LogP contribution in [0.25, 0.3) is 17.1 Å². The van der Waals surface area contributed by atoms with Gasteiger partial charge in [-0.2, -0.15) is 0 Å². The minimum Gasteiger partial charge on any atom is -0.319 e. The van der Waals surface area contributed by atoms with Crippen molar-refractivity contribution < 1.29 is 4.79 Å². The molecule has 1 aromatic heterocycles. The number of amides is 1. The molecule has 1 amide bonds. The van der Waals surface area contributed by atoms with Gasteiger partial charge < -0.3 is 5.32 Å². The van der Waals surface area contributed by atoms with E-state index in [9.17, 15) is 4.79 Å². The summed E-state index contributed by atoms with van der Waals surface area (Å²) in [7, 11) is 0. The summed E-state index contributed by atoms with van der Waals surface area (Å²) >= 11 is 9.50. The average Bonchev–Trinajstić information content (AvgIpc) is 3.16. The number of benzene rings is 3. The van der Waals surface area contributed by atoms with Crippen LogP contribution in [0.1, 0.15) is 27.3 Å². The van der Waals surface area contributed by atoms with E-state index in [0.717, 1.165) is 32.4 Å². The Morgan fingerprint density at radius 1 is 0.968 bits per heavy atom. The van der Waals surface area contributed by atoms with E-state index < -0.39 is 0 Å². The lowest BCUT2D eigenvalue weighted by atomic mass is 10.1. The highest BCUT2D eigenvalue weighted by Crippen LogP contribution is 2.26. The molecule has 0 spiro atoms. The van der Waals surface area contributed by atoms with E-state index in [4.69, 9.17) is 11.6 Å². The molecule has 0 saturated heterocycles. The minimum atomic E-state index is -0.371. The summed E-state index contributed by atoms with van der Waals surface area (Å²) in [6, 6.07) is 19.1. The minimum absolute atomic E-state index is 0.0900. The lowest BCUT2D eigenvalue weighted by molar-refractivity contribution is 0.101. The number of aryl methyl sites for hydroxylation is 3. The molecule has 156 valence electrons. The molecule has 0 fully saturated rings. The third-order valence-corrected chi connectivity index (χ3v) is 5.68. The standard InChI is InChI=1S/C24H20BrClN4O/c1-14-4-11-21(16(3)12-14)30-23(17-5-8-19(26)9-6-17)28-22(29-30)24(31)27-20-10-7-18(25)13-15(20)2/h4-13H,1-3H3,(H,27,31). The molecule has 5 nitrogen and oxygen atoms in total. The number of rotatable bonds is 4. The van der Waals surface area contributed by atoms with Crippen molar-refractivity contribution >= 4 is 39.1 Å². The van der Waals surface area contributed by atoms with Crippen LogP contribution in [0.4, 0.5) is 5.69 Å². The van der Waals surface area contributed by atoms with Crippen LogP contribution in [-0.4, -0.2) is 20.7 Å². The molecule has 1 heterocycles. The molecule has 0 saturated carbocycles. The second-order valence-corrected chi connectivity index (χ2v) is 8.73. The van der Waals surface area contributed by atoms with Crippen LogP contribution in [0, 0.1) is 20.8 Å². The van der Waals surface area contributed by atoms with E-state index in [1.54, 1.807) is 16.8 Å². The van der Waals surface area contributed by atoms with Gasteiger partial charge in [-0.1, -0.05) is 45.2 Å². The van der Waals surface area contributed by atoms with Crippen molar-refractivity contribution in [1.29, 1.82) is 0 Å². The first-order chi connectivity index (χ1) is 14.8. The van der Waals surface area contributed by atoms with Crippen LogP contribution in [0.5, 0.6) is 0 Å². The summed E-state index contributed by atoms with van der Waals surface area (Å²) in [6.07, 6.45) is 0. The topological polar surface area (TPSA) is 59.8 Å². The Hall–Kier alpha value is -2.96. The predicted molar refractivity (Wildman–Crippen MR) is 128 cm³/mol. The monoisotopic (exact) mass is 494 g/mol. The SMILES string of the molecule is Cc1ccc(-n2nc(C(=O)Nc3ccc(Br)cc3C)nc2-c2ccc(Cl)cc2)c(C)c1. The van der Waals surface area contributed by atoms with Gasteiger partial charge in [0, 0.05) is 20.7 Å². The Bertz CT molecular complexity index is 1280. The van der Waals surface area contributed by atoms with Gasteiger partial charge >= 0.3 is 0 Å². The fourth-order valence-corrected chi connectivity index (χ4v) is 3.95. The van der Waals surface area contributed by atoms with Crippen molar-refractivity contribution in [2.75, 3.05) is 5.32 Å². The zero-order valence-corrected chi connectivity index (χ0v) is 19.6. The number of aromatic nitrogens is 3. The molecule has 0 atom stereocenters. The third kappa shape index (κ3) is 4.55. The largest absolute Gasteiger partial charge is 0.319 e. The molecule has 0 unspecified atom stereocenters. The predicted octanol–water partition coefficient (Wildman–Crippen LogP) is 6.53. The molecule has 0 aliphatic carbocycles. The van der Waals surface area contributed by atoms with Gasteiger partial charge in [-0.25, -0.2) is 9.67 Å². The summed E-state index contributed by atoms with van der Waals surface area (Å²) in [5.74, 6) is 0.290. The summed E-state index contributed by atoms with van der Waals surface area (Å²) in [5, 5.41) is 8.10. The van der Waals surface area contributed by atoms with E-state index in [-0.39, 0.29) is 11.7 Å². The molecule has 7 heteroatoms. The molecule has 3 aromatic carbocycles. The number of nitrogens with zero attached hydrogens (tertiary/aromatic N) is 3. The van der Waals surface area contributed by atoms with Crippen LogP contribution in [0.15, 0.2) is 65.1 Å². The lowest BCUT2D eigenvalue weighted by Gasteiger charge is -2.10. The second-order valence-electron chi connectivity index (χ2n) is 7.38. The molecule has 4 aromatic rings. The Morgan fingerprint density at radius 2 is 1.71 bits per heavy atom. The first-order valence-corrected chi connectivity index (χ1v) is 10.9. The fourth-order valence-electron chi connectivity index (χ4n) is 3.35. The highest BCUT2D eigenvalue weighted by atomic mass is 79.9. The zero-order valence-electron chi connectivity index (χ0n) is 17.3. The van der Waals surface area contributed by atoms with E-state index in [1.807, 2.05) is 63.2 Å². The molecule has 31 heavy (non-hydrogen) atoms. The molecule has 0 aliphatic rings. The van der Waals surface area contributed by atoms with Crippen LogP contribution >= 0.6 is 27.5 Å². The fraction of sp³-hybridized carbons (Fsp3) is 0.125. The van der Waals surface area contributed by atoms with Crippen molar-refractivity contribution in [3.8, 4) is 17.1 Å². The van der Waals surface area contributed by atoms with E-state index in [0.29, 0.717) is 16.5 Å². The maximum Gasteiger partial charge on any atom is 0.295 e. The first kappa shape index (κ1) is 21.3. The van der Waals surface area contributed by atoms with Crippen LogP contribution < -0.4 is 5.32 Å². The van der Waals surface area contributed by atoms with Crippen molar-refractivity contribution in [3.05, 3.63) is 92.7 Å². The summed E-state index contributed by atoms with van der Waals surface area (Å²) in [5.41, 5.74) is 5.52. The van der Waals surface area contributed by atoms with Gasteiger partial charge in [-0.05, 0) is 80.4 Å². The maximum absolute atomic E-state index is 13.0. The van der Waals surface area contributed by atoms with Crippen molar-refractivity contribution in [2.24, 2.45) is 0 Å². The summed E-state index contributed by atoms with van der Waals surface area (Å²) in [4.78, 5) is 17.6. The Kier molecular flexibility index (Phi) is 5.94. The van der Waals surface area contributed by atoms with E-state index >= 15 is 0 Å². The smallest absolute Gasteiger partial charge is 0.295 e. The van der Waals surface area contributed by atoms with Gasteiger partial charge in [0.2, 0.25) is 5.82 Å². The average molecular weight is 496 g/mol. The summed E-state index contributed by atoms with van der Waals surface area (Å²) < 4.78 is 2.66. The van der Waals surface area contributed by atoms with Crippen molar-refractivity contribution in [1.82, 2.24) is 14.8 Å². The normalized spacial score (nSPS) is 10.9. The van der Waals surface area contributed by atoms with Gasteiger partial charge in [-0.15, -0.1) is 5.10 Å². The van der Waals surface area contributed by atoms with Gasteiger partial charge in [0.1, 0.15) is 0 Å². The first-order valence-electron chi connectivity index (χ1n) is 9.70. The van der Waals surface area contributed by atoms with Crippen LogP contribution in [-0.2, 0) is 0 Å². The van der Waals surface area contributed by atoms with E-state index in [2.05, 4.69) is 37.4 Å². The number of anilines is 1. The quantitative estimate of drug-likeness (QED) is 0.350. The molecular formula is C24H20BrClN4O. The Morgan fingerprint density at radius 3 is 2.39 bits per heavy atom. The lowest BCUT2D eigenvalue weighted by Crippen LogP contribution is -2.15. The van der Waals surface area contributed by atoms with E-state index in [1.165, 1.54) is 0 Å². The molecule has 0 radical (unpaired) electrons. The molecule has 0 bridgehead atoms. The second kappa shape index (κ2) is 8.65. The number of hydrogen-bond donors (Lipinski definition) is 1. The number of nitrogens with one attached hydrogen (secondary N) is 1. The van der Waals surface area contributed by atoms with Gasteiger partial charge in [0.15, 0.2) is 5.82 Å². The molecular weight excluding hydrogens is 476 g/mol. The number of carbonyl (C=O) groups is 1. The number of halogens is 2. The molecule has 4 rings (SSSR count). The number of hydrogen-bond acceptors (Lipinski definition) is 3. The molecule has 1 N–H and O–H groups in total. The Labute approximate surface area is 194 Å². The Balaban J connectivity index is 1.79. The summed E-state index contributed by atoms with van der Waals surface area (Å²) in [6.45, 7) is 5.99. The molecule has 0 aliphatic heterocycles. The van der Waals surface area contributed by atoms with Crippen molar-refractivity contribution in [2.45, 2.75) is 20.8 Å². The zero-order chi connectivity index (χ0) is 22.1. The number of carbonyl (C=O) groups excluding carboxylic acids is 1. The highest BCUT2D eigenvalue weighted by molar-refractivity contribution is 9.10. The van der Waals surface area contributed by atoms with Gasteiger partial charge in [0.05, 0.1) is 5.69 Å². The third-order valence-electron chi connectivity index (χ3n) is 4.93. The van der Waals surface area contributed by atoms with Crippen LogP contribution in [0.3, 0.4) is 0 Å². The highest BCUT2D eigenvalue weighted by Gasteiger charge is 2.20. The van der Waals surface area contributed by atoms with Crippen molar-refractivity contribution in [3.63, 3.8) is 0 Å². The van der Waals surface area contributed by atoms with Crippen LogP contribution in [0.2, 0.25) is 5.02 Å².